The Morgan fingerprint density at radius 2 is 1.37 bits per heavy atom. The summed E-state index contributed by atoms with van der Waals surface area (Å²) in [6.45, 7) is 3.21. The number of benzene rings is 3. The SMILES string of the molecule is CC(C)C[C@H](C(=O)OCC(=O)Nc1ccc(Cl)cc1Cl)N1C(=O)[C@@H]2C3c4ccccc4C(c4ccccc43)[C@H]2C1=O. The number of imide groups is 1. The Hall–Kier alpha value is -3.68. The van der Waals surface area contributed by atoms with Crippen LogP contribution >= 0.6 is 23.2 Å². The molecule has 7 nitrogen and oxygen atoms in total. The molecule has 3 aromatic carbocycles. The van der Waals surface area contributed by atoms with E-state index in [9.17, 15) is 19.2 Å². The number of likely N-dealkylation sites (tertiary alicyclic amines) is 1. The van der Waals surface area contributed by atoms with Gasteiger partial charge in [-0.25, -0.2) is 4.79 Å². The van der Waals surface area contributed by atoms with E-state index in [1.54, 1.807) is 12.1 Å². The second-order valence-electron chi connectivity index (χ2n) is 11.2. The third-order valence-electron chi connectivity index (χ3n) is 8.31. The van der Waals surface area contributed by atoms with E-state index in [-0.39, 0.29) is 41.0 Å². The fourth-order valence-electron chi connectivity index (χ4n) is 6.77. The molecule has 1 heterocycles. The van der Waals surface area contributed by atoms with Crippen LogP contribution in [-0.4, -0.2) is 41.2 Å². The van der Waals surface area contributed by atoms with Crippen LogP contribution in [0.25, 0.3) is 0 Å². The largest absolute Gasteiger partial charge is 0.454 e. The van der Waals surface area contributed by atoms with Gasteiger partial charge in [0.25, 0.3) is 5.91 Å². The van der Waals surface area contributed by atoms with Gasteiger partial charge in [-0.05, 0) is 52.8 Å². The van der Waals surface area contributed by atoms with Crippen molar-refractivity contribution in [1.29, 1.82) is 0 Å². The van der Waals surface area contributed by atoms with Gasteiger partial charge in [0, 0.05) is 16.9 Å². The van der Waals surface area contributed by atoms with E-state index in [0.29, 0.717) is 10.7 Å². The van der Waals surface area contributed by atoms with E-state index in [1.807, 2.05) is 62.4 Å². The van der Waals surface area contributed by atoms with Gasteiger partial charge in [0.2, 0.25) is 11.8 Å². The summed E-state index contributed by atoms with van der Waals surface area (Å²) < 4.78 is 5.39. The zero-order valence-electron chi connectivity index (χ0n) is 22.5. The van der Waals surface area contributed by atoms with Crippen molar-refractivity contribution in [1.82, 2.24) is 4.90 Å². The first-order valence-electron chi connectivity index (χ1n) is 13.6. The molecule has 9 heteroatoms. The van der Waals surface area contributed by atoms with E-state index < -0.39 is 36.4 Å². The Labute approximate surface area is 247 Å². The Bertz CT molecular complexity index is 1470. The molecule has 0 unspecified atom stereocenters. The second-order valence-corrected chi connectivity index (χ2v) is 12.1. The summed E-state index contributed by atoms with van der Waals surface area (Å²) in [5.41, 5.74) is 4.54. The first-order valence-corrected chi connectivity index (χ1v) is 14.4. The summed E-state index contributed by atoms with van der Waals surface area (Å²) in [6.07, 6.45) is 0.218. The van der Waals surface area contributed by atoms with E-state index in [4.69, 9.17) is 27.9 Å². The molecule has 0 spiro atoms. The normalized spacial score (nSPS) is 22.7. The first kappa shape index (κ1) is 27.5. The lowest BCUT2D eigenvalue weighted by molar-refractivity contribution is -0.160. The average Bonchev–Trinajstić information content (AvgIpc) is 3.22. The fraction of sp³-hybridized carbons (Fsp3) is 0.312. The van der Waals surface area contributed by atoms with Crippen molar-refractivity contribution < 1.29 is 23.9 Å². The highest BCUT2D eigenvalue weighted by molar-refractivity contribution is 6.36. The molecule has 1 saturated heterocycles. The average molecular weight is 591 g/mol. The second kappa shape index (κ2) is 10.6. The van der Waals surface area contributed by atoms with Crippen molar-refractivity contribution >= 4 is 52.6 Å². The Balaban J connectivity index is 1.26. The van der Waals surface area contributed by atoms with Crippen molar-refractivity contribution in [2.75, 3.05) is 11.9 Å². The van der Waals surface area contributed by atoms with Crippen LogP contribution in [0.2, 0.25) is 10.0 Å². The lowest BCUT2D eigenvalue weighted by atomic mass is 9.55. The summed E-state index contributed by atoms with van der Waals surface area (Å²) in [6, 6.07) is 19.4. The Kier molecular flexibility index (Phi) is 7.12. The summed E-state index contributed by atoms with van der Waals surface area (Å²) in [5.74, 6) is -3.90. The molecule has 1 aliphatic heterocycles. The minimum atomic E-state index is -1.14. The van der Waals surface area contributed by atoms with Crippen LogP contribution in [0.5, 0.6) is 0 Å². The van der Waals surface area contributed by atoms with E-state index >= 15 is 0 Å². The molecule has 1 fully saturated rings. The highest BCUT2D eigenvalue weighted by atomic mass is 35.5. The number of anilines is 1. The van der Waals surface area contributed by atoms with Gasteiger partial charge in [0.1, 0.15) is 6.04 Å². The highest BCUT2D eigenvalue weighted by Gasteiger charge is 2.63. The molecule has 7 rings (SSSR count). The van der Waals surface area contributed by atoms with Crippen LogP contribution in [-0.2, 0) is 23.9 Å². The van der Waals surface area contributed by atoms with Gasteiger partial charge in [-0.2, -0.15) is 0 Å². The molecule has 1 N–H and O–H groups in total. The third kappa shape index (κ3) is 4.61. The molecule has 41 heavy (non-hydrogen) atoms. The van der Waals surface area contributed by atoms with Crippen molar-refractivity contribution in [3.05, 3.63) is 99.0 Å². The molecule has 4 aliphatic rings. The zero-order chi connectivity index (χ0) is 29.0. The predicted octanol–water partition coefficient (Wildman–Crippen LogP) is 5.78. The van der Waals surface area contributed by atoms with E-state index in [1.165, 1.54) is 6.07 Å². The number of hydrogen-bond acceptors (Lipinski definition) is 5. The number of ether oxygens (including phenoxy) is 1. The van der Waals surface area contributed by atoms with Crippen LogP contribution < -0.4 is 5.32 Å². The topological polar surface area (TPSA) is 92.8 Å². The molecular formula is C32H28Cl2N2O5. The van der Waals surface area contributed by atoms with E-state index in [2.05, 4.69) is 5.32 Å². The minimum absolute atomic E-state index is 0.0244. The van der Waals surface area contributed by atoms with Crippen LogP contribution in [0, 0.1) is 17.8 Å². The lowest BCUT2D eigenvalue weighted by Crippen LogP contribution is -2.47. The molecule has 3 atom stereocenters. The zero-order valence-corrected chi connectivity index (χ0v) is 24.0. The van der Waals surface area contributed by atoms with Gasteiger partial charge in [-0.15, -0.1) is 0 Å². The maximum atomic E-state index is 14.1. The number of nitrogens with one attached hydrogen (secondary N) is 1. The molecule has 3 aliphatic carbocycles. The van der Waals surface area contributed by atoms with Crippen molar-refractivity contribution in [2.45, 2.75) is 38.1 Å². The van der Waals surface area contributed by atoms with Crippen LogP contribution in [0.3, 0.4) is 0 Å². The number of hydrogen-bond donors (Lipinski definition) is 1. The quantitative estimate of drug-likeness (QED) is 0.278. The highest BCUT2D eigenvalue weighted by Crippen LogP contribution is 2.61. The van der Waals surface area contributed by atoms with Gasteiger partial charge in [0.05, 0.1) is 22.5 Å². The van der Waals surface area contributed by atoms with Crippen LogP contribution in [0.15, 0.2) is 66.7 Å². The molecule has 2 bridgehead atoms. The molecular weight excluding hydrogens is 563 g/mol. The van der Waals surface area contributed by atoms with Crippen LogP contribution in [0.1, 0.15) is 54.4 Å². The van der Waals surface area contributed by atoms with Crippen LogP contribution in [0.4, 0.5) is 5.69 Å². The van der Waals surface area contributed by atoms with Gasteiger partial charge < -0.3 is 10.1 Å². The summed E-state index contributed by atoms with van der Waals surface area (Å²) in [7, 11) is 0. The van der Waals surface area contributed by atoms with E-state index in [0.717, 1.165) is 27.2 Å². The molecule has 3 aromatic rings. The van der Waals surface area contributed by atoms with Gasteiger partial charge in [-0.1, -0.05) is 85.6 Å². The number of amides is 3. The Morgan fingerprint density at radius 3 is 1.83 bits per heavy atom. The maximum absolute atomic E-state index is 14.1. The number of nitrogens with zero attached hydrogens (tertiary/aromatic N) is 1. The molecule has 210 valence electrons. The third-order valence-corrected chi connectivity index (χ3v) is 8.86. The maximum Gasteiger partial charge on any atom is 0.329 e. The summed E-state index contributed by atoms with van der Waals surface area (Å²) in [5, 5.41) is 3.24. The van der Waals surface area contributed by atoms with Crippen molar-refractivity contribution in [3.63, 3.8) is 0 Å². The number of carbonyl (C=O) groups excluding carboxylic acids is 4. The molecule has 0 aromatic heterocycles. The van der Waals surface area contributed by atoms with Crippen molar-refractivity contribution in [2.24, 2.45) is 17.8 Å². The molecule has 3 amide bonds. The lowest BCUT2D eigenvalue weighted by Gasteiger charge is -2.45. The van der Waals surface area contributed by atoms with Crippen molar-refractivity contribution in [3.8, 4) is 0 Å². The Morgan fingerprint density at radius 1 is 0.854 bits per heavy atom. The number of halogens is 2. The van der Waals surface area contributed by atoms with Gasteiger partial charge in [0.15, 0.2) is 6.61 Å². The summed E-state index contributed by atoms with van der Waals surface area (Å²) in [4.78, 5) is 55.4. The number of carbonyl (C=O) groups is 4. The van der Waals surface area contributed by atoms with Gasteiger partial charge >= 0.3 is 5.97 Å². The smallest absolute Gasteiger partial charge is 0.329 e. The number of rotatable bonds is 7. The monoisotopic (exact) mass is 590 g/mol. The van der Waals surface area contributed by atoms with Gasteiger partial charge in [-0.3, -0.25) is 19.3 Å². The number of esters is 1. The predicted molar refractivity (Wildman–Crippen MR) is 155 cm³/mol. The molecule has 0 radical (unpaired) electrons. The fourth-order valence-corrected chi connectivity index (χ4v) is 7.23. The minimum Gasteiger partial charge on any atom is -0.454 e. The summed E-state index contributed by atoms with van der Waals surface area (Å²) >= 11 is 12.0. The molecule has 0 saturated carbocycles. The first-order chi connectivity index (χ1) is 19.7. The standard InChI is InChI=1S/C32H28Cl2N2O5/c1-16(2)13-24(32(40)41-15-25(37)35-23-12-11-17(33)14-22(23)34)36-30(38)28-26-18-7-3-4-8-19(18)27(29(28)31(36)39)21-10-6-5-9-20(21)26/h3-12,14,16,24,26-29H,13,15H2,1-2H3,(H,35,37)/t24-,26?,27?,28-,29-/m1/s1.